The number of benzene rings is 1. The number of allylic oxidation sites excluding steroid dienone is 1. The Morgan fingerprint density at radius 3 is 2.87 bits per heavy atom. The molecule has 1 aromatic heterocycles. The first-order valence-electron chi connectivity index (χ1n) is 7.57. The van der Waals surface area contributed by atoms with Gasteiger partial charge in [0.25, 0.3) is 0 Å². The van der Waals surface area contributed by atoms with E-state index in [1.807, 2.05) is 24.5 Å². The summed E-state index contributed by atoms with van der Waals surface area (Å²) in [5.74, 6) is 0.686. The van der Waals surface area contributed by atoms with E-state index in [-0.39, 0.29) is 11.8 Å². The molecule has 0 saturated carbocycles. The predicted octanol–water partition coefficient (Wildman–Crippen LogP) is 3.63. The van der Waals surface area contributed by atoms with Gasteiger partial charge in [-0.15, -0.1) is 0 Å². The van der Waals surface area contributed by atoms with Gasteiger partial charge < -0.3 is 10.6 Å². The molecule has 1 aromatic carbocycles. The van der Waals surface area contributed by atoms with Gasteiger partial charge in [0.15, 0.2) is 0 Å². The van der Waals surface area contributed by atoms with Crippen LogP contribution < -0.4 is 10.6 Å². The minimum Gasteiger partial charge on any atom is -0.315 e. The van der Waals surface area contributed by atoms with Gasteiger partial charge in [0.2, 0.25) is 5.91 Å². The number of carbonyl (C=O) groups excluding carboxylic acids is 1. The van der Waals surface area contributed by atoms with E-state index >= 15 is 0 Å². The van der Waals surface area contributed by atoms with Crippen molar-refractivity contribution in [2.45, 2.75) is 6.92 Å². The lowest BCUT2D eigenvalue weighted by Gasteiger charge is -2.25. The molecular formula is C18H19N3OS. The lowest BCUT2D eigenvalue weighted by Crippen LogP contribution is -2.48. The van der Waals surface area contributed by atoms with Crippen LogP contribution in [0.15, 0.2) is 48.5 Å². The standard InChI is InChI=1S/C18H19N3OS/c1-3-16(23-4-2)12-5-6-13-11-20-17(8-14(13)7-12)21-18(22)15-9-19-10-15/h3-8,11,15,19H,2,9-10H2,1H3,(H,20,21,22)/b16-3-. The number of nitrogens with zero attached hydrogens (tertiary/aromatic N) is 1. The summed E-state index contributed by atoms with van der Waals surface area (Å²) >= 11 is 1.60. The van der Waals surface area contributed by atoms with Crippen molar-refractivity contribution in [2.75, 3.05) is 18.4 Å². The van der Waals surface area contributed by atoms with Crippen molar-refractivity contribution in [2.24, 2.45) is 5.92 Å². The summed E-state index contributed by atoms with van der Waals surface area (Å²) < 4.78 is 0. The Morgan fingerprint density at radius 2 is 2.22 bits per heavy atom. The molecule has 118 valence electrons. The van der Waals surface area contributed by atoms with E-state index in [9.17, 15) is 4.79 Å². The van der Waals surface area contributed by atoms with Gasteiger partial charge in [-0.1, -0.05) is 36.5 Å². The predicted molar refractivity (Wildman–Crippen MR) is 98.2 cm³/mol. The Bertz CT molecular complexity index is 781. The van der Waals surface area contributed by atoms with Gasteiger partial charge in [0, 0.05) is 29.6 Å². The summed E-state index contributed by atoms with van der Waals surface area (Å²) in [6.45, 7) is 7.27. The Morgan fingerprint density at radius 1 is 1.39 bits per heavy atom. The van der Waals surface area contributed by atoms with Crippen molar-refractivity contribution in [1.29, 1.82) is 0 Å². The maximum Gasteiger partial charge on any atom is 0.231 e. The maximum atomic E-state index is 12.0. The molecule has 0 unspecified atom stereocenters. The van der Waals surface area contributed by atoms with Crippen LogP contribution in [0.2, 0.25) is 0 Å². The van der Waals surface area contributed by atoms with Crippen LogP contribution in [0, 0.1) is 5.92 Å². The number of pyridine rings is 1. The molecule has 5 heteroatoms. The van der Waals surface area contributed by atoms with E-state index in [4.69, 9.17) is 0 Å². The third-order valence-electron chi connectivity index (χ3n) is 3.88. The van der Waals surface area contributed by atoms with Gasteiger partial charge in [-0.25, -0.2) is 4.98 Å². The third kappa shape index (κ3) is 3.46. The third-order valence-corrected chi connectivity index (χ3v) is 4.77. The van der Waals surface area contributed by atoms with Crippen LogP contribution in [0.25, 0.3) is 15.7 Å². The summed E-state index contributed by atoms with van der Waals surface area (Å²) in [7, 11) is 0. The summed E-state index contributed by atoms with van der Waals surface area (Å²) in [4.78, 5) is 17.5. The van der Waals surface area contributed by atoms with Crippen LogP contribution in [-0.2, 0) is 4.79 Å². The monoisotopic (exact) mass is 325 g/mol. The Kier molecular flexibility index (Phi) is 4.79. The molecule has 1 saturated heterocycles. The number of carbonyl (C=O) groups is 1. The molecule has 1 aliphatic heterocycles. The minimum atomic E-state index is 0.0307. The fourth-order valence-electron chi connectivity index (χ4n) is 2.46. The Labute approximate surface area is 140 Å². The summed E-state index contributed by atoms with van der Waals surface area (Å²) in [5.41, 5.74) is 1.14. The number of anilines is 1. The number of rotatable bonds is 5. The van der Waals surface area contributed by atoms with Crippen LogP contribution in [0.4, 0.5) is 5.82 Å². The molecule has 0 spiro atoms. The van der Waals surface area contributed by atoms with Crippen molar-refractivity contribution in [1.82, 2.24) is 10.3 Å². The van der Waals surface area contributed by atoms with Gasteiger partial charge in [-0.2, -0.15) is 0 Å². The highest BCUT2D eigenvalue weighted by molar-refractivity contribution is 8.10. The van der Waals surface area contributed by atoms with E-state index in [0.717, 1.165) is 34.3 Å². The van der Waals surface area contributed by atoms with E-state index in [1.54, 1.807) is 18.0 Å². The normalized spacial score (nSPS) is 15.3. The molecular weight excluding hydrogens is 306 g/mol. The van der Waals surface area contributed by atoms with Gasteiger partial charge in [-0.3, -0.25) is 4.79 Å². The number of fused-ring (bicyclic) bond motifs is 1. The van der Waals surface area contributed by atoms with E-state index in [0.29, 0.717) is 5.82 Å². The summed E-state index contributed by atoms with van der Waals surface area (Å²) in [5, 5.41) is 9.93. The lowest BCUT2D eigenvalue weighted by molar-refractivity contribution is -0.121. The van der Waals surface area contributed by atoms with Crippen LogP contribution in [0.5, 0.6) is 0 Å². The molecule has 0 atom stereocenters. The highest BCUT2D eigenvalue weighted by atomic mass is 32.2. The molecule has 1 aliphatic rings. The van der Waals surface area contributed by atoms with Crippen molar-refractivity contribution >= 4 is 39.2 Å². The van der Waals surface area contributed by atoms with Gasteiger partial charge in [0.1, 0.15) is 5.82 Å². The second-order valence-electron chi connectivity index (χ2n) is 5.41. The van der Waals surface area contributed by atoms with Crippen molar-refractivity contribution in [3.05, 3.63) is 54.1 Å². The first-order chi connectivity index (χ1) is 11.2. The molecule has 0 bridgehead atoms. The number of amides is 1. The minimum absolute atomic E-state index is 0.0307. The zero-order chi connectivity index (χ0) is 16.2. The average Bonchev–Trinajstić information content (AvgIpc) is 2.50. The van der Waals surface area contributed by atoms with Gasteiger partial charge >= 0.3 is 0 Å². The Balaban J connectivity index is 1.87. The van der Waals surface area contributed by atoms with E-state index in [2.05, 4.69) is 40.4 Å². The molecule has 0 radical (unpaired) electrons. The molecule has 23 heavy (non-hydrogen) atoms. The summed E-state index contributed by atoms with van der Waals surface area (Å²) in [6.07, 6.45) is 3.87. The van der Waals surface area contributed by atoms with Crippen molar-refractivity contribution in [3.8, 4) is 0 Å². The fraction of sp³-hybridized carbons (Fsp3) is 0.222. The second-order valence-corrected chi connectivity index (χ2v) is 6.42. The molecule has 1 fully saturated rings. The van der Waals surface area contributed by atoms with E-state index < -0.39 is 0 Å². The number of hydrogen-bond donors (Lipinski definition) is 2. The second kappa shape index (κ2) is 6.98. The molecule has 2 heterocycles. The van der Waals surface area contributed by atoms with Gasteiger partial charge in [0.05, 0.1) is 5.92 Å². The van der Waals surface area contributed by atoms with Crippen LogP contribution >= 0.6 is 11.8 Å². The maximum absolute atomic E-state index is 12.0. The van der Waals surface area contributed by atoms with Crippen molar-refractivity contribution < 1.29 is 4.79 Å². The molecule has 1 amide bonds. The number of nitrogens with one attached hydrogen (secondary N) is 2. The zero-order valence-electron chi connectivity index (χ0n) is 13.0. The molecule has 2 aromatic rings. The first kappa shape index (κ1) is 15.8. The largest absolute Gasteiger partial charge is 0.315 e. The number of aromatic nitrogens is 1. The SMILES string of the molecule is C=CS/C(=C\C)c1ccc2cnc(NC(=O)C3CNC3)cc2c1. The van der Waals surface area contributed by atoms with Crippen LogP contribution in [-0.4, -0.2) is 24.0 Å². The number of hydrogen-bond acceptors (Lipinski definition) is 4. The number of thioether (sulfide) groups is 1. The lowest BCUT2D eigenvalue weighted by atomic mass is 10.0. The fourth-order valence-corrected chi connectivity index (χ4v) is 3.04. The quantitative estimate of drug-likeness (QED) is 0.881. The summed E-state index contributed by atoms with van der Waals surface area (Å²) in [6, 6.07) is 8.17. The molecule has 2 N–H and O–H groups in total. The van der Waals surface area contributed by atoms with Crippen LogP contribution in [0.1, 0.15) is 12.5 Å². The van der Waals surface area contributed by atoms with E-state index in [1.165, 1.54) is 0 Å². The zero-order valence-corrected chi connectivity index (χ0v) is 13.8. The topological polar surface area (TPSA) is 54.0 Å². The van der Waals surface area contributed by atoms with Crippen molar-refractivity contribution in [3.63, 3.8) is 0 Å². The Hall–Kier alpha value is -2.11. The smallest absolute Gasteiger partial charge is 0.231 e. The molecule has 0 aliphatic carbocycles. The van der Waals surface area contributed by atoms with Crippen LogP contribution in [0.3, 0.4) is 0 Å². The highest BCUT2D eigenvalue weighted by Gasteiger charge is 2.24. The molecule has 4 nitrogen and oxygen atoms in total. The van der Waals surface area contributed by atoms with Gasteiger partial charge in [-0.05, 0) is 35.4 Å². The highest BCUT2D eigenvalue weighted by Crippen LogP contribution is 2.30. The first-order valence-corrected chi connectivity index (χ1v) is 8.45. The average molecular weight is 325 g/mol. The molecule has 3 rings (SSSR count).